The van der Waals surface area contributed by atoms with Gasteiger partial charge in [-0.25, -0.2) is 0 Å². The van der Waals surface area contributed by atoms with Crippen LogP contribution in [0.2, 0.25) is 0 Å². The molecule has 0 rings (SSSR count). The van der Waals surface area contributed by atoms with Gasteiger partial charge in [-0.2, -0.15) is 0 Å². The molecule has 0 fully saturated rings. The lowest BCUT2D eigenvalue weighted by Gasteiger charge is -2.20. The Morgan fingerprint density at radius 1 is 0.400 bits per heavy atom. The van der Waals surface area contributed by atoms with Crippen LogP contribution in [0.25, 0.3) is 0 Å². The lowest BCUT2D eigenvalue weighted by Crippen LogP contribution is -2.45. The van der Waals surface area contributed by atoms with Crippen molar-refractivity contribution in [1.82, 2.24) is 5.32 Å². The molecular formula is C64H119NO5. The van der Waals surface area contributed by atoms with Crippen molar-refractivity contribution in [3.05, 3.63) is 48.6 Å². The molecule has 0 spiro atoms. The van der Waals surface area contributed by atoms with Crippen molar-refractivity contribution >= 4 is 11.9 Å². The number of carbonyl (C=O) groups is 2. The Bertz CT molecular complexity index is 1180. The smallest absolute Gasteiger partial charge is 0.305 e. The summed E-state index contributed by atoms with van der Waals surface area (Å²) >= 11 is 0. The van der Waals surface area contributed by atoms with Crippen molar-refractivity contribution in [1.29, 1.82) is 0 Å². The molecule has 0 aliphatic carbocycles. The summed E-state index contributed by atoms with van der Waals surface area (Å²) in [7, 11) is 0. The number of hydrogen-bond acceptors (Lipinski definition) is 5. The number of esters is 1. The third kappa shape index (κ3) is 55.1. The molecule has 0 aliphatic heterocycles. The van der Waals surface area contributed by atoms with E-state index >= 15 is 0 Å². The van der Waals surface area contributed by atoms with Crippen molar-refractivity contribution in [2.45, 2.75) is 334 Å². The molecule has 0 aromatic heterocycles. The van der Waals surface area contributed by atoms with Gasteiger partial charge in [-0.05, 0) is 89.9 Å². The maximum absolute atomic E-state index is 12.5. The van der Waals surface area contributed by atoms with Crippen molar-refractivity contribution in [2.75, 3.05) is 13.2 Å². The minimum Gasteiger partial charge on any atom is -0.466 e. The molecule has 0 bridgehead atoms. The summed E-state index contributed by atoms with van der Waals surface area (Å²) in [5, 5.41) is 23.2. The number of ether oxygens (including phenoxy) is 1. The Hall–Kier alpha value is -2.18. The van der Waals surface area contributed by atoms with Crippen LogP contribution in [0.5, 0.6) is 0 Å². The van der Waals surface area contributed by atoms with Crippen LogP contribution in [-0.4, -0.2) is 47.4 Å². The third-order valence-electron chi connectivity index (χ3n) is 14.1. The average Bonchev–Trinajstić information content (AvgIpc) is 3.36. The lowest BCUT2D eigenvalue weighted by molar-refractivity contribution is -0.143. The third-order valence-corrected chi connectivity index (χ3v) is 14.1. The zero-order valence-electron chi connectivity index (χ0n) is 46.7. The van der Waals surface area contributed by atoms with Gasteiger partial charge in [-0.3, -0.25) is 9.59 Å². The predicted octanol–water partition coefficient (Wildman–Crippen LogP) is 19.4. The quantitative estimate of drug-likeness (QED) is 0.0321. The van der Waals surface area contributed by atoms with E-state index in [0.29, 0.717) is 19.4 Å². The number of aliphatic hydroxyl groups excluding tert-OH is 2. The highest BCUT2D eigenvalue weighted by Crippen LogP contribution is 2.17. The minimum absolute atomic E-state index is 0.0419. The van der Waals surface area contributed by atoms with Gasteiger partial charge in [0.15, 0.2) is 0 Å². The van der Waals surface area contributed by atoms with Gasteiger partial charge in [-0.15, -0.1) is 0 Å². The van der Waals surface area contributed by atoms with Crippen LogP contribution < -0.4 is 5.32 Å². The lowest BCUT2D eigenvalue weighted by atomic mass is 10.0. The van der Waals surface area contributed by atoms with Crippen LogP contribution in [0.1, 0.15) is 322 Å². The molecule has 0 saturated heterocycles. The molecule has 0 saturated carbocycles. The van der Waals surface area contributed by atoms with Gasteiger partial charge in [0.1, 0.15) is 0 Å². The summed E-state index contributed by atoms with van der Waals surface area (Å²) in [6.45, 7) is 4.80. The largest absolute Gasteiger partial charge is 0.466 e. The van der Waals surface area contributed by atoms with Crippen LogP contribution in [0.15, 0.2) is 48.6 Å². The van der Waals surface area contributed by atoms with E-state index in [2.05, 4.69) is 55.6 Å². The molecule has 3 N–H and O–H groups in total. The number of amides is 1. The second kappa shape index (κ2) is 59.4. The van der Waals surface area contributed by atoms with Crippen LogP contribution in [-0.2, 0) is 14.3 Å². The normalized spacial score (nSPS) is 12.9. The van der Waals surface area contributed by atoms with Gasteiger partial charge >= 0.3 is 5.97 Å². The van der Waals surface area contributed by atoms with Crippen molar-refractivity contribution in [2.24, 2.45) is 0 Å². The van der Waals surface area contributed by atoms with Gasteiger partial charge in [0.2, 0.25) is 5.91 Å². The van der Waals surface area contributed by atoms with Crippen molar-refractivity contribution < 1.29 is 24.5 Å². The molecule has 6 nitrogen and oxygen atoms in total. The Balaban J connectivity index is 3.53. The SMILES string of the molecule is CCCCC/C=C\C/C=C\CCCCCCCCCCCC(=O)OCCCC/C=C\CCCCCCC(=O)NC(CO)C(O)/C=C/CCCCCCCCCCCCCCCCCCCCCCCC. The fourth-order valence-electron chi connectivity index (χ4n) is 9.31. The van der Waals surface area contributed by atoms with Gasteiger partial charge in [0, 0.05) is 12.8 Å². The molecule has 0 aliphatic rings. The summed E-state index contributed by atoms with van der Waals surface area (Å²) in [5.74, 6) is -0.144. The highest BCUT2D eigenvalue weighted by molar-refractivity contribution is 5.76. The summed E-state index contributed by atoms with van der Waals surface area (Å²) in [5.41, 5.74) is 0. The summed E-state index contributed by atoms with van der Waals surface area (Å²) < 4.78 is 5.45. The Morgan fingerprint density at radius 2 is 0.714 bits per heavy atom. The van der Waals surface area contributed by atoms with E-state index in [1.807, 2.05) is 6.08 Å². The van der Waals surface area contributed by atoms with Crippen LogP contribution in [0, 0.1) is 0 Å². The number of rotatable bonds is 57. The second-order valence-electron chi connectivity index (χ2n) is 21.0. The average molecular weight is 983 g/mol. The summed E-state index contributed by atoms with van der Waals surface area (Å²) in [4.78, 5) is 24.6. The van der Waals surface area contributed by atoms with Gasteiger partial charge < -0.3 is 20.3 Å². The number of nitrogens with one attached hydrogen (secondary N) is 1. The van der Waals surface area contributed by atoms with E-state index in [1.165, 1.54) is 212 Å². The Morgan fingerprint density at radius 3 is 1.13 bits per heavy atom. The summed E-state index contributed by atoms with van der Waals surface area (Å²) in [6.07, 6.45) is 75.8. The molecule has 0 radical (unpaired) electrons. The number of aliphatic hydroxyl groups is 2. The standard InChI is InChI=1S/C64H119NO5/c1-3-5-7-9-11-13-15-17-19-21-23-24-25-26-27-29-30-32-34-36-40-44-48-52-56-62(67)61(60-66)65-63(68)57-53-49-45-41-38-39-43-47-51-55-59-70-64(69)58-54-50-46-42-37-35-33-31-28-22-20-18-16-14-12-10-8-6-4-2/h12,14,18,20,39,43,52,56,61-62,66-67H,3-11,13,15-17,19,21-38,40-42,44-51,53-55,57-60H2,1-2H3,(H,65,68)/b14-12-,20-18-,43-39-,56-52+. The van der Waals surface area contributed by atoms with E-state index in [4.69, 9.17) is 4.74 Å². The first-order valence-corrected chi connectivity index (χ1v) is 30.9. The molecule has 70 heavy (non-hydrogen) atoms. The topological polar surface area (TPSA) is 95.9 Å². The molecule has 2 atom stereocenters. The molecule has 410 valence electrons. The zero-order chi connectivity index (χ0) is 50.7. The fourth-order valence-corrected chi connectivity index (χ4v) is 9.31. The first-order valence-electron chi connectivity index (χ1n) is 30.9. The van der Waals surface area contributed by atoms with E-state index in [-0.39, 0.29) is 18.5 Å². The van der Waals surface area contributed by atoms with Gasteiger partial charge in [-0.1, -0.05) is 268 Å². The minimum atomic E-state index is -0.869. The zero-order valence-corrected chi connectivity index (χ0v) is 46.7. The maximum Gasteiger partial charge on any atom is 0.305 e. The van der Waals surface area contributed by atoms with Crippen molar-refractivity contribution in [3.8, 4) is 0 Å². The number of unbranched alkanes of at least 4 members (excludes halogenated alkanes) is 40. The predicted molar refractivity (Wildman–Crippen MR) is 306 cm³/mol. The molecular weight excluding hydrogens is 863 g/mol. The fraction of sp³-hybridized carbons (Fsp3) is 0.844. The molecule has 1 amide bonds. The highest BCUT2D eigenvalue weighted by atomic mass is 16.5. The van der Waals surface area contributed by atoms with Crippen LogP contribution in [0.3, 0.4) is 0 Å². The van der Waals surface area contributed by atoms with Crippen LogP contribution in [0.4, 0.5) is 0 Å². The van der Waals surface area contributed by atoms with Gasteiger partial charge in [0.05, 0.1) is 25.4 Å². The Kier molecular flexibility index (Phi) is 57.5. The number of allylic oxidation sites excluding steroid dienone is 7. The first-order chi connectivity index (χ1) is 34.5. The van der Waals surface area contributed by atoms with Crippen LogP contribution >= 0.6 is 0 Å². The van der Waals surface area contributed by atoms with Crippen molar-refractivity contribution in [3.63, 3.8) is 0 Å². The molecule has 0 aromatic rings. The maximum atomic E-state index is 12.5. The first kappa shape index (κ1) is 67.8. The number of hydrogen-bond donors (Lipinski definition) is 3. The van der Waals surface area contributed by atoms with E-state index in [9.17, 15) is 19.8 Å². The van der Waals surface area contributed by atoms with E-state index < -0.39 is 12.1 Å². The van der Waals surface area contributed by atoms with E-state index in [1.54, 1.807) is 6.08 Å². The molecule has 6 heteroatoms. The molecule has 2 unspecified atom stereocenters. The van der Waals surface area contributed by atoms with Gasteiger partial charge in [0.25, 0.3) is 0 Å². The molecule has 0 aromatic carbocycles. The van der Waals surface area contributed by atoms with E-state index in [0.717, 1.165) is 83.5 Å². The monoisotopic (exact) mass is 982 g/mol. The molecule has 0 heterocycles. The highest BCUT2D eigenvalue weighted by Gasteiger charge is 2.18. The Labute approximate surface area is 436 Å². The number of carbonyl (C=O) groups excluding carboxylic acids is 2. The second-order valence-corrected chi connectivity index (χ2v) is 21.0. The summed E-state index contributed by atoms with van der Waals surface area (Å²) in [6, 6.07) is -0.656.